The Morgan fingerprint density at radius 1 is 1.43 bits per heavy atom. The van der Waals surface area contributed by atoms with Crippen molar-refractivity contribution in [2.75, 3.05) is 13.1 Å². The number of carbonyl (C=O) groups excluding carboxylic acids is 1. The molecule has 1 rings (SSSR count). The summed E-state index contributed by atoms with van der Waals surface area (Å²) in [7, 11) is 0. The van der Waals surface area contributed by atoms with Gasteiger partial charge < -0.3 is 10.0 Å². The third-order valence-corrected chi connectivity index (χ3v) is 2.34. The van der Waals surface area contributed by atoms with Crippen LogP contribution in [0.25, 0.3) is 0 Å². The second-order valence-electron chi connectivity index (χ2n) is 3.70. The zero-order chi connectivity index (χ0) is 10.6. The van der Waals surface area contributed by atoms with E-state index in [0.29, 0.717) is 5.92 Å². The fourth-order valence-electron chi connectivity index (χ4n) is 1.64. The van der Waals surface area contributed by atoms with E-state index in [9.17, 15) is 9.59 Å². The Labute approximate surface area is 83.2 Å². The summed E-state index contributed by atoms with van der Waals surface area (Å²) in [6, 6.07) is 0. The lowest BCUT2D eigenvalue weighted by atomic mass is 10.0. The number of hydrogen-bond acceptors (Lipinski definition) is 2. The maximum absolute atomic E-state index is 11.4. The molecule has 0 aliphatic carbocycles. The highest BCUT2D eigenvalue weighted by atomic mass is 16.4. The first kappa shape index (κ1) is 10.8. The lowest BCUT2D eigenvalue weighted by molar-refractivity contribution is -0.132. The molecule has 4 heteroatoms. The molecule has 1 aliphatic rings. The molecule has 0 radical (unpaired) electrons. The molecular formula is C10H15NO3. The maximum atomic E-state index is 11.4. The SMILES string of the molecule is C[C@H]1CCCN(C(=O)C=CC(=O)O)C1. The number of carboxylic acid groups (broad SMARTS) is 1. The normalized spacial score (nSPS) is 22.6. The number of hydrogen-bond donors (Lipinski definition) is 1. The molecule has 1 saturated heterocycles. The molecule has 0 aromatic heterocycles. The number of amides is 1. The largest absolute Gasteiger partial charge is 0.478 e. The van der Waals surface area contributed by atoms with E-state index in [1.807, 2.05) is 0 Å². The van der Waals surface area contributed by atoms with Crippen LogP contribution >= 0.6 is 0 Å². The van der Waals surface area contributed by atoms with Gasteiger partial charge in [0.05, 0.1) is 0 Å². The average molecular weight is 197 g/mol. The van der Waals surface area contributed by atoms with Gasteiger partial charge in [0.1, 0.15) is 0 Å². The first-order valence-electron chi connectivity index (χ1n) is 4.79. The predicted molar refractivity (Wildman–Crippen MR) is 51.8 cm³/mol. The molecule has 1 amide bonds. The molecule has 1 aliphatic heterocycles. The molecule has 14 heavy (non-hydrogen) atoms. The van der Waals surface area contributed by atoms with Crippen molar-refractivity contribution in [2.24, 2.45) is 5.92 Å². The van der Waals surface area contributed by atoms with Crippen molar-refractivity contribution >= 4 is 11.9 Å². The molecule has 0 saturated carbocycles. The van der Waals surface area contributed by atoms with Gasteiger partial charge in [-0.25, -0.2) is 4.79 Å². The van der Waals surface area contributed by atoms with Gasteiger partial charge in [-0.1, -0.05) is 6.92 Å². The van der Waals surface area contributed by atoms with Crippen molar-refractivity contribution in [2.45, 2.75) is 19.8 Å². The van der Waals surface area contributed by atoms with Crippen molar-refractivity contribution in [3.05, 3.63) is 12.2 Å². The minimum absolute atomic E-state index is 0.195. The number of carbonyl (C=O) groups is 2. The van der Waals surface area contributed by atoms with Gasteiger partial charge in [0, 0.05) is 25.2 Å². The Morgan fingerprint density at radius 3 is 2.71 bits per heavy atom. The lowest BCUT2D eigenvalue weighted by Gasteiger charge is -2.29. The van der Waals surface area contributed by atoms with E-state index in [2.05, 4.69) is 6.92 Å². The summed E-state index contributed by atoms with van der Waals surface area (Å²) < 4.78 is 0. The number of piperidine rings is 1. The van der Waals surface area contributed by atoms with Gasteiger partial charge in [-0.15, -0.1) is 0 Å². The van der Waals surface area contributed by atoms with Crippen LogP contribution in [0, 0.1) is 5.92 Å². The number of carboxylic acids is 1. The van der Waals surface area contributed by atoms with Crippen LogP contribution in [-0.2, 0) is 9.59 Å². The van der Waals surface area contributed by atoms with Gasteiger partial charge in [0.25, 0.3) is 0 Å². The van der Waals surface area contributed by atoms with Crippen LogP contribution in [0.5, 0.6) is 0 Å². The first-order valence-corrected chi connectivity index (χ1v) is 4.79. The fourth-order valence-corrected chi connectivity index (χ4v) is 1.64. The third kappa shape index (κ3) is 3.20. The Bertz CT molecular complexity index is 260. The maximum Gasteiger partial charge on any atom is 0.328 e. The van der Waals surface area contributed by atoms with Crippen molar-refractivity contribution in [1.82, 2.24) is 4.90 Å². The van der Waals surface area contributed by atoms with Crippen molar-refractivity contribution < 1.29 is 14.7 Å². The molecule has 0 bridgehead atoms. The van der Waals surface area contributed by atoms with Crippen LogP contribution in [0.15, 0.2) is 12.2 Å². The predicted octanol–water partition coefficient (Wildman–Crippen LogP) is 0.886. The number of likely N-dealkylation sites (tertiary alicyclic amines) is 1. The van der Waals surface area contributed by atoms with Crippen LogP contribution in [0.2, 0.25) is 0 Å². The highest BCUT2D eigenvalue weighted by Gasteiger charge is 2.18. The summed E-state index contributed by atoms with van der Waals surface area (Å²) in [5, 5.41) is 8.36. The number of rotatable bonds is 2. The lowest BCUT2D eigenvalue weighted by Crippen LogP contribution is -2.38. The molecule has 0 spiro atoms. The van der Waals surface area contributed by atoms with E-state index in [1.165, 1.54) is 0 Å². The second kappa shape index (κ2) is 4.79. The summed E-state index contributed by atoms with van der Waals surface area (Å²) in [5.74, 6) is -0.756. The van der Waals surface area contributed by atoms with E-state index < -0.39 is 5.97 Å². The molecule has 1 heterocycles. The summed E-state index contributed by atoms with van der Waals surface area (Å²) in [6.07, 6.45) is 4.17. The molecule has 0 aromatic carbocycles. The van der Waals surface area contributed by atoms with Gasteiger partial charge in [-0.05, 0) is 18.8 Å². The van der Waals surface area contributed by atoms with Crippen molar-refractivity contribution in [1.29, 1.82) is 0 Å². The average Bonchev–Trinajstić information content (AvgIpc) is 2.14. The standard InChI is InChI=1S/C10H15NO3/c1-8-3-2-6-11(7-8)9(12)4-5-10(13)14/h4-5,8H,2-3,6-7H2,1H3,(H,13,14)/t8-/m0/s1. The highest BCUT2D eigenvalue weighted by Crippen LogP contribution is 2.15. The van der Waals surface area contributed by atoms with E-state index >= 15 is 0 Å². The van der Waals surface area contributed by atoms with Gasteiger partial charge in [-0.2, -0.15) is 0 Å². The molecule has 1 fully saturated rings. The van der Waals surface area contributed by atoms with E-state index in [0.717, 1.165) is 38.1 Å². The molecule has 78 valence electrons. The quantitative estimate of drug-likeness (QED) is 0.669. The first-order chi connectivity index (χ1) is 6.59. The smallest absolute Gasteiger partial charge is 0.328 e. The summed E-state index contributed by atoms with van der Waals surface area (Å²) in [6.45, 7) is 3.58. The highest BCUT2D eigenvalue weighted by molar-refractivity contribution is 5.93. The molecular weight excluding hydrogens is 182 g/mol. The minimum atomic E-state index is -1.08. The molecule has 1 N–H and O–H groups in total. The van der Waals surface area contributed by atoms with Gasteiger partial charge in [-0.3, -0.25) is 4.79 Å². The van der Waals surface area contributed by atoms with Crippen LogP contribution in [-0.4, -0.2) is 35.0 Å². The third-order valence-electron chi connectivity index (χ3n) is 2.34. The van der Waals surface area contributed by atoms with Crippen LogP contribution in [0.4, 0.5) is 0 Å². The zero-order valence-electron chi connectivity index (χ0n) is 8.27. The Kier molecular flexibility index (Phi) is 3.68. The summed E-state index contributed by atoms with van der Waals surface area (Å²) in [4.78, 5) is 23.3. The van der Waals surface area contributed by atoms with Crippen LogP contribution < -0.4 is 0 Å². The summed E-state index contributed by atoms with van der Waals surface area (Å²) >= 11 is 0. The Balaban J connectivity index is 2.47. The molecule has 0 unspecified atom stereocenters. The Morgan fingerprint density at radius 2 is 2.14 bits per heavy atom. The van der Waals surface area contributed by atoms with Crippen molar-refractivity contribution in [3.8, 4) is 0 Å². The zero-order valence-corrected chi connectivity index (χ0v) is 8.27. The monoisotopic (exact) mass is 197 g/mol. The van der Waals surface area contributed by atoms with E-state index in [1.54, 1.807) is 4.90 Å². The van der Waals surface area contributed by atoms with Crippen LogP contribution in [0.1, 0.15) is 19.8 Å². The number of nitrogens with zero attached hydrogens (tertiary/aromatic N) is 1. The molecule has 1 atom stereocenters. The molecule has 4 nitrogen and oxygen atoms in total. The summed E-state index contributed by atoms with van der Waals surface area (Å²) in [5.41, 5.74) is 0. The molecule has 0 aromatic rings. The fraction of sp³-hybridized carbons (Fsp3) is 0.600. The van der Waals surface area contributed by atoms with Crippen LogP contribution in [0.3, 0.4) is 0 Å². The second-order valence-corrected chi connectivity index (χ2v) is 3.70. The Hall–Kier alpha value is -1.32. The van der Waals surface area contributed by atoms with Gasteiger partial charge >= 0.3 is 5.97 Å². The minimum Gasteiger partial charge on any atom is -0.478 e. The topological polar surface area (TPSA) is 57.6 Å². The van der Waals surface area contributed by atoms with Gasteiger partial charge in [0.2, 0.25) is 5.91 Å². The van der Waals surface area contributed by atoms with Crippen molar-refractivity contribution in [3.63, 3.8) is 0 Å². The number of aliphatic carboxylic acids is 1. The van der Waals surface area contributed by atoms with E-state index in [-0.39, 0.29) is 5.91 Å². The van der Waals surface area contributed by atoms with E-state index in [4.69, 9.17) is 5.11 Å². The van der Waals surface area contributed by atoms with Gasteiger partial charge in [0.15, 0.2) is 0 Å².